The van der Waals surface area contributed by atoms with Crippen LogP contribution in [0.1, 0.15) is 43.5 Å². The fraction of sp³-hybridized carbons (Fsp3) is 0.375. The Morgan fingerprint density at radius 1 is 1.15 bits per heavy atom. The SMILES string of the molecule is CC(C)CC1(O)CCN(C(=O)c2ccc(NS(=O)(=O)c3cncc4cccnc34)cc2)CC1. The maximum atomic E-state index is 12.9. The third-order valence-electron chi connectivity index (χ3n) is 5.92. The molecule has 1 aliphatic rings. The average molecular weight is 469 g/mol. The van der Waals surface area contributed by atoms with Gasteiger partial charge in [-0.25, -0.2) is 8.42 Å². The molecule has 0 saturated carbocycles. The van der Waals surface area contributed by atoms with Crippen LogP contribution in [0, 0.1) is 5.92 Å². The lowest BCUT2D eigenvalue weighted by Crippen LogP contribution is -2.47. The summed E-state index contributed by atoms with van der Waals surface area (Å²) in [5, 5.41) is 11.3. The first-order chi connectivity index (χ1) is 15.7. The number of carbonyl (C=O) groups is 1. The molecule has 1 amide bonds. The van der Waals surface area contributed by atoms with Crippen molar-refractivity contribution in [1.82, 2.24) is 14.9 Å². The average Bonchev–Trinajstić information content (AvgIpc) is 2.78. The Labute approximate surface area is 193 Å². The van der Waals surface area contributed by atoms with Crippen LogP contribution in [0.5, 0.6) is 0 Å². The molecule has 0 bridgehead atoms. The molecule has 2 N–H and O–H groups in total. The van der Waals surface area contributed by atoms with E-state index in [1.807, 2.05) is 0 Å². The van der Waals surface area contributed by atoms with E-state index in [0.29, 0.717) is 54.0 Å². The normalized spacial score (nSPS) is 16.2. The lowest BCUT2D eigenvalue weighted by Gasteiger charge is -2.39. The number of aromatic nitrogens is 2. The highest BCUT2D eigenvalue weighted by molar-refractivity contribution is 7.93. The highest BCUT2D eigenvalue weighted by atomic mass is 32.2. The number of hydrogen-bond donors (Lipinski definition) is 2. The second-order valence-electron chi connectivity index (χ2n) is 9.01. The van der Waals surface area contributed by atoms with Crippen LogP contribution in [0.25, 0.3) is 10.9 Å². The van der Waals surface area contributed by atoms with E-state index >= 15 is 0 Å². The summed E-state index contributed by atoms with van der Waals surface area (Å²) in [6.07, 6.45) is 6.21. The van der Waals surface area contributed by atoms with Crippen LogP contribution in [-0.2, 0) is 10.0 Å². The van der Waals surface area contributed by atoms with Gasteiger partial charge in [0.2, 0.25) is 0 Å². The summed E-state index contributed by atoms with van der Waals surface area (Å²) in [7, 11) is -3.91. The summed E-state index contributed by atoms with van der Waals surface area (Å²) in [5.74, 6) is 0.271. The Morgan fingerprint density at radius 2 is 1.85 bits per heavy atom. The van der Waals surface area contributed by atoms with Crippen molar-refractivity contribution in [2.75, 3.05) is 17.8 Å². The molecule has 0 aliphatic carbocycles. The van der Waals surface area contributed by atoms with Crippen LogP contribution < -0.4 is 4.72 Å². The number of benzene rings is 1. The number of likely N-dealkylation sites (tertiary alicyclic amines) is 1. The third kappa shape index (κ3) is 5.15. The van der Waals surface area contributed by atoms with Crippen molar-refractivity contribution in [2.45, 2.75) is 43.6 Å². The van der Waals surface area contributed by atoms with E-state index in [1.165, 1.54) is 12.4 Å². The number of anilines is 1. The molecule has 4 rings (SSSR count). The van der Waals surface area contributed by atoms with Gasteiger partial charge in [0.15, 0.2) is 0 Å². The quantitative estimate of drug-likeness (QED) is 0.573. The maximum Gasteiger partial charge on any atom is 0.265 e. The van der Waals surface area contributed by atoms with E-state index in [-0.39, 0.29) is 10.8 Å². The smallest absolute Gasteiger partial charge is 0.265 e. The van der Waals surface area contributed by atoms with Gasteiger partial charge in [-0.05, 0) is 61.6 Å². The summed E-state index contributed by atoms with van der Waals surface area (Å²) in [6, 6.07) is 9.81. The van der Waals surface area contributed by atoms with Gasteiger partial charge in [0.25, 0.3) is 15.9 Å². The molecule has 8 nitrogen and oxygen atoms in total. The van der Waals surface area contributed by atoms with E-state index in [1.54, 1.807) is 47.5 Å². The van der Waals surface area contributed by atoms with Crippen LogP contribution in [0.15, 0.2) is 59.9 Å². The molecule has 1 aromatic carbocycles. The zero-order valence-electron chi connectivity index (χ0n) is 18.7. The van der Waals surface area contributed by atoms with Gasteiger partial charge in [-0.1, -0.05) is 13.8 Å². The topological polar surface area (TPSA) is 112 Å². The second kappa shape index (κ2) is 9.07. The lowest BCUT2D eigenvalue weighted by molar-refractivity contribution is -0.0311. The number of nitrogens with one attached hydrogen (secondary N) is 1. The van der Waals surface area contributed by atoms with E-state index in [4.69, 9.17) is 0 Å². The van der Waals surface area contributed by atoms with Gasteiger partial charge in [-0.3, -0.25) is 19.5 Å². The number of aliphatic hydroxyl groups is 1. The number of nitrogens with zero attached hydrogens (tertiary/aromatic N) is 3. The molecule has 1 saturated heterocycles. The summed E-state index contributed by atoms with van der Waals surface area (Å²) in [5.41, 5.74) is 0.442. The fourth-order valence-corrected chi connectivity index (χ4v) is 5.52. The van der Waals surface area contributed by atoms with Gasteiger partial charge in [-0.2, -0.15) is 0 Å². The van der Waals surface area contributed by atoms with Crippen LogP contribution in [-0.4, -0.2) is 53.0 Å². The molecule has 174 valence electrons. The summed E-state index contributed by atoms with van der Waals surface area (Å²) in [4.78, 5) is 22.8. The number of pyridine rings is 2. The Balaban J connectivity index is 1.45. The molecule has 1 aliphatic heterocycles. The summed E-state index contributed by atoms with van der Waals surface area (Å²) < 4.78 is 28.4. The molecule has 2 aromatic heterocycles. The van der Waals surface area contributed by atoms with Crippen molar-refractivity contribution in [3.8, 4) is 0 Å². The summed E-state index contributed by atoms with van der Waals surface area (Å²) >= 11 is 0. The standard InChI is InChI=1S/C24H28N4O4S/c1-17(2)14-24(30)9-12-28(13-10-24)23(29)18-5-7-20(8-6-18)27-33(31,32)21-16-25-15-19-4-3-11-26-22(19)21/h3-8,11,15-17,27,30H,9-10,12-14H2,1-2H3. The Kier molecular flexibility index (Phi) is 6.36. The van der Waals surface area contributed by atoms with Crippen molar-refractivity contribution in [3.63, 3.8) is 0 Å². The zero-order chi connectivity index (χ0) is 23.6. The monoisotopic (exact) mass is 468 g/mol. The van der Waals surface area contributed by atoms with Crippen LogP contribution >= 0.6 is 0 Å². The van der Waals surface area contributed by atoms with Gasteiger partial charge >= 0.3 is 0 Å². The number of carbonyl (C=O) groups excluding carboxylic acids is 1. The van der Waals surface area contributed by atoms with Gasteiger partial charge in [0.05, 0.1) is 11.1 Å². The van der Waals surface area contributed by atoms with Crippen molar-refractivity contribution in [3.05, 3.63) is 60.6 Å². The van der Waals surface area contributed by atoms with Gasteiger partial charge in [-0.15, -0.1) is 0 Å². The van der Waals surface area contributed by atoms with Gasteiger partial charge < -0.3 is 10.0 Å². The van der Waals surface area contributed by atoms with Crippen LogP contribution in [0.4, 0.5) is 5.69 Å². The summed E-state index contributed by atoms with van der Waals surface area (Å²) in [6.45, 7) is 5.16. The first-order valence-corrected chi connectivity index (χ1v) is 12.5. The minimum atomic E-state index is -3.91. The number of sulfonamides is 1. The van der Waals surface area contributed by atoms with Crippen molar-refractivity contribution in [2.24, 2.45) is 5.92 Å². The first-order valence-electron chi connectivity index (χ1n) is 11.0. The van der Waals surface area contributed by atoms with Crippen molar-refractivity contribution < 1.29 is 18.3 Å². The predicted molar refractivity (Wildman–Crippen MR) is 126 cm³/mol. The van der Waals surface area contributed by atoms with Gasteiger partial charge in [0.1, 0.15) is 4.90 Å². The predicted octanol–water partition coefficient (Wildman–Crippen LogP) is 3.44. The number of fused-ring (bicyclic) bond motifs is 1. The number of piperidine rings is 1. The zero-order valence-corrected chi connectivity index (χ0v) is 19.5. The molecule has 0 atom stereocenters. The second-order valence-corrected chi connectivity index (χ2v) is 10.7. The molecule has 3 aromatic rings. The highest BCUT2D eigenvalue weighted by Crippen LogP contribution is 2.30. The molecular formula is C24H28N4O4S. The van der Waals surface area contributed by atoms with Crippen molar-refractivity contribution >= 4 is 32.5 Å². The molecule has 0 radical (unpaired) electrons. The van der Waals surface area contributed by atoms with E-state index in [0.717, 1.165) is 6.42 Å². The molecule has 0 unspecified atom stereocenters. The van der Waals surface area contributed by atoms with E-state index in [9.17, 15) is 18.3 Å². The minimum Gasteiger partial charge on any atom is -0.390 e. The number of rotatable bonds is 6. The third-order valence-corrected chi connectivity index (χ3v) is 7.30. The maximum absolute atomic E-state index is 12.9. The molecule has 0 spiro atoms. The Bertz CT molecular complexity index is 1250. The highest BCUT2D eigenvalue weighted by Gasteiger charge is 2.34. The molecular weight excluding hydrogens is 440 g/mol. The minimum absolute atomic E-state index is 0.0112. The molecule has 3 heterocycles. The molecule has 9 heteroatoms. The Morgan fingerprint density at radius 3 is 2.52 bits per heavy atom. The molecule has 1 fully saturated rings. The number of hydrogen-bond acceptors (Lipinski definition) is 6. The van der Waals surface area contributed by atoms with E-state index in [2.05, 4.69) is 28.5 Å². The largest absolute Gasteiger partial charge is 0.390 e. The van der Waals surface area contributed by atoms with Crippen LogP contribution in [0.3, 0.4) is 0 Å². The number of amides is 1. The van der Waals surface area contributed by atoms with Crippen LogP contribution in [0.2, 0.25) is 0 Å². The molecule has 33 heavy (non-hydrogen) atoms. The van der Waals surface area contributed by atoms with E-state index < -0.39 is 15.6 Å². The first kappa shape index (κ1) is 23.1. The fourth-order valence-electron chi connectivity index (χ4n) is 4.33. The Hall–Kier alpha value is -3.04. The van der Waals surface area contributed by atoms with Crippen molar-refractivity contribution in [1.29, 1.82) is 0 Å². The van der Waals surface area contributed by atoms with Gasteiger partial charge in [0, 0.05) is 48.3 Å². The lowest BCUT2D eigenvalue weighted by atomic mass is 9.84.